The fourth-order valence-electron chi connectivity index (χ4n) is 1.36. The van der Waals surface area contributed by atoms with Gasteiger partial charge in [0.15, 0.2) is 0 Å². The van der Waals surface area contributed by atoms with Crippen LogP contribution in [0, 0.1) is 10.1 Å². The fourth-order valence-corrected chi connectivity index (χ4v) is 1.63. The van der Waals surface area contributed by atoms with Gasteiger partial charge in [0, 0.05) is 23.8 Å². The molecule has 0 fully saturated rings. The van der Waals surface area contributed by atoms with E-state index in [9.17, 15) is 23.3 Å². The van der Waals surface area contributed by atoms with Crippen molar-refractivity contribution in [2.75, 3.05) is 0 Å². The second-order valence-corrected chi connectivity index (χ2v) is 3.90. The number of non-ortho nitro benzene ring substituents is 1. The molecule has 2 rings (SSSR count). The fraction of sp³-hybridized carbons (Fsp3) is 0.100. The number of halogens is 4. The van der Waals surface area contributed by atoms with Crippen molar-refractivity contribution in [2.24, 2.45) is 0 Å². The van der Waals surface area contributed by atoms with Crippen LogP contribution in [0.1, 0.15) is 5.76 Å². The number of nitro groups is 1. The monoisotopic (exact) mass is 292 g/mol. The summed E-state index contributed by atoms with van der Waals surface area (Å²) in [4.78, 5) is 9.83. The van der Waals surface area contributed by atoms with Gasteiger partial charge in [-0.05, 0) is 6.07 Å². The molecule has 1 heterocycles. The van der Waals surface area contributed by atoms with Gasteiger partial charge < -0.3 is 4.52 Å². The van der Waals surface area contributed by atoms with Gasteiger partial charge in [-0.1, -0.05) is 16.8 Å². The third-order valence-corrected chi connectivity index (χ3v) is 2.54. The van der Waals surface area contributed by atoms with E-state index in [0.717, 1.165) is 12.1 Å². The summed E-state index contributed by atoms with van der Waals surface area (Å²) in [5.74, 6) is -1.27. The Labute approximate surface area is 108 Å². The average molecular weight is 293 g/mol. The third kappa shape index (κ3) is 2.68. The summed E-state index contributed by atoms with van der Waals surface area (Å²) in [6.07, 6.45) is -4.65. The molecule has 0 spiro atoms. The first-order chi connectivity index (χ1) is 8.79. The molecule has 0 saturated heterocycles. The number of alkyl halides is 3. The zero-order chi connectivity index (χ0) is 14.2. The van der Waals surface area contributed by atoms with Crippen LogP contribution in [0.4, 0.5) is 18.9 Å². The lowest BCUT2D eigenvalue weighted by molar-refractivity contribution is -0.384. The zero-order valence-corrected chi connectivity index (χ0v) is 9.70. The van der Waals surface area contributed by atoms with Crippen LogP contribution >= 0.6 is 11.6 Å². The van der Waals surface area contributed by atoms with Crippen molar-refractivity contribution in [3.8, 4) is 11.3 Å². The largest absolute Gasteiger partial charge is 0.452 e. The van der Waals surface area contributed by atoms with Crippen LogP contribution in [0.3, 0.4) is 0 Å². The number of hydrogen-bond donors (Lipinski definition) is 0. The maximum Gasteiger partial charge on any atom is 0.452 e. The second-order valence-electron chi connectivity index (χ2n) is 3.50. The summed E-state index contributed by atoms with van der Waals surface area (Å²) in [5, 5.41) is 13.7. The molecule has 0 saturated carbocycles. The van der Waals surface area contributed by atoms with Crippen LogP contribution in [0.25, 0.3) is 11.3 Å². The Kier molecular flexibility index (Phi) is 3.19. The van der Waals surface area contributed by atoms with E-state index in [0.29, 0.717) is 6.07 Å². The van der Waals surface area contributed by atoms with Gasteiger partial charge in [-0.15, -0.1) is 0 Å². The lowest BCUT2D eigenvalue weighted by Gasteiger charge is -1.99. The molecule has 0 N–H and O–H groups in total. The summed E-state index contributed by atoms with van der Waals surface area (Å²) >= 11 is 5.76. The van der Waals surface area contributed by atoms with E-state index in [1.165, 1.54) is 6.07 Å². The van der Waals surface area contributed by atoms with Crippen LogP contribution in [0.5, 0.6) is 0 Å². The summed E-state index contributed by atoms with van der Waals surface area (Å²) in [6.45, 7) is 0. The van der Waals surface area contributed by atoms with Crippen LogP contribution in [0.2, 0.25) is 5.02 Å². The van der Waals surface area contributed by atoms with Crippen LogP contribution in [-0.2, 0) is 6.18 Å². The molecule has 0 bridgehead atoms. The Morgan fingerprint density at radius 3 is 2.47 bits per heavy atom. The van der Waals surface area contributed by atoms with Crippen LogP contribution in [-0.4, -0.2) is 10.1 Å². The minimum absolute atomic E-state index is 0.0868. The molecule has 1 aromatic carbocycles. The smallest absolute Gasteiger partial charge is 0.351 e. The molecule has 19 heavy (non-hydrogen) atoms. The van der Waals surface area contributed by atoms with Gasteiger partial charge in [0.25, 0.3) is 5.69 Å². The Morgan fingerprint density at radius 1 is 1.32 bits per heavy atom. The SMILES string of the molecule is O=[N+]([O-])c1ccc(-c2cc(C(F)(F)F)on2)c(Cl)c1. The molecule has 5 nitrogen and oxygen atoms in total. The lowest BCUT2D eigenvalue weighted by atomic mass is 10.1. The standard InChI is InChI=1S/C10H4ClF3N2O3/c11-7-3-5(16(17)18)1-2-6(7)8-4-9(19-15-8)10(12,13)14/h1-4H. The number of nitro benzene ring substituents is 1. The van der Waals surface area contributed by atoms with Crippen LogP contribution < -0.4 is 0 Å². The Hall–Kier alpha value is -2.09. The highest BCUT2D eigenvalue weighted by molar-refractivity contribution is 6.33. The van der Waals surface area contributed by atoms with Crippen molar-refractivity contribution in [1.29, 1.82) is 0 Å². The average Bonchev–Trinajstić information content (AvgIpc) is 2.77. The number of nitrogens with zero attached hydrogens (tertiary/aromatic N) is 2. The van der Waals surface area contributed by atoms with Gasteiger partial charge in [-0.2, -0.15) is 13.2 Å². The van der Waals surface area contributed by atoms with E-state index in [4.69, 9.17) is 11.6 Å². The quantitative estimate of drug-likeness (QED) is 0.621. The van der Waals surface area contributed by atoms with Crippen molar-refractivity contribution < 1.29 is 22.6 Å². The highest BCUT2D eigenvalue weighted by Gasteiger charge is 2.36. The molecule has 0 aliphatic heterocycles. The first kappa shape index (κ1) is 13.3. The maximum absolute atomic E-state index is 12.3. The predicted octanol–water partition coefficient (Wildman–Crippen LogP) is 3.92. The van der Waals surface area contributed by atoms with Crippen molar-refractivity contribution in [1.82, 2.24) is 5.16 Å². The number of benzene rings is 1. The molecule has 2 aromatic rings. The molecule has 0 atom stereocenters. The van der Waals surface area contributed by atoms with Gasteiger partial charge in [-0.25, -0.2) is 0 Å². The van der Waals surface area contributed by atoms with Crippen molar-refractivity contribution >= 4 is 17.3 Å². The first-order valence-corrected chi connectivity index (χ1v) is 5.15. The van der Waals surface area contributed by atoms with Gasteiger partial charge in [-0.3, -0.25) is 10.1 Å². The highest BCUT2D eigenvalue weighted by atomic mass is 35.5. The van der Waals surface area contributed by atoms with E-state index in [2.05, 4.69) is 9.68 Å². The van der Waals surface area contributed by atoms with Gasteiger partial charge in [0.2, 0.25) is 5.76 Å². The number of hydrogen-bond acceptors (Lipinski definition) is 4. The Bertz CT molecular complexity index is 639. The molecular formula is C10H4ClF3N2O3. The Balaban J connectivity index is 2.43. The molecule has 0 unspecified atom stereocenters. The maximum atomic E-state index is 12.3. The predicted molar refractivity (Wildman–Crippen MR) is 58.6 cm³/mol. The van der Waals surface area contributed by atoms with Crippen LogP contribution in [0.15, 0.2) is 28.8 Å². The normalized spacial score (nSPS) is 11.6. The molecule has 9 heteroatoms. The van der Waals surface area contributed by atoms with Gasteiger partial charge >= 0.3 is 6.18 Å². The lowest BCUT2D eigenvalue weighted by Crippen LogP contribution is -2.02. The summed E-state index contributed by atoms with van der Waals surface area (Å²) in [6, 6.07) is 4.02. The minimum Gasteiger partial charge on any atom is -0.351 e. The molecular weight excluding hydrogens is 289 g/mol. The molecule has 0 amide bonds. The molecule has 1 aromatic heterocycles. The molecule has 0 aliphatic rings. The van der Waals surface area contributed by atoms with Crippen molar-refractivity contribution in [3.63, 3.8) is 0 Å². The molecule has 100 valence electrons. The molecule has 0 aliphatic carbocycles. The number of rotatable bonds is 2. The third-order valence-electron chi connectivity index (χ3n) is 2.23. The minimum atomic E-state index is -4.65. The van der Waals surface area contributed by atoms with Crippen molar-refractivity contribution in [3.05, 3.63) is 45.2 Å². The topological polar surface area (TPSA) is 69.2 Å². The Morgan fingerprint density at radius 2 is 2.00 bits per heavy atom. The highest BCUT2D eigenvalue weighted by Crippen LogP contribution is 2.35. The van der Waals surface area contributed by atoms with E-state index >= 15 is 0 Å². The van der Waals surface area contributed by atoms with E-state index in [1.54, 1.807) is 0 Å². The van der Waals surface area contributed by atoms with E-state index < -0.39 is 16.9 Å². The van der Waals surface area contributed by atoms with Gasteiger partial charge in [0.05, 0.1) is 9.95 Å². The molecule has 0 radical (unpaired) electrons. The van der Waals surface area contributed by atoms with E-state index in [1.807, 2.05) is 0 Å². The number of aromatic nitrogens is 1. The summed E-state index contributed by atoms with van der Waals surface area (Å²) in [5.41, 5.74) is -0.299. The van der Waals surface area contributed by atoms with Crippen molar-refractivity contribution in [2.45, 2.75) is 6.18 Å². The summed E-state index contributed by atoms with van der Waals surface area (Å²) in [7, 11) is 0. The van der Waals surface area contributed by atoms with Gasteiger partial charge in [0.1, 0.15) is 5.69 Å². The first-order valence-electron chi connectivity index (χ1n) is 4.77. The van der Waals surface area contributed by atoms with E-state index in [-0.39, 0.29) is 22.0 Å². The zero-order valence-electron chi connectivity index (χ0n) is 8.94. The second kappa shape index (κ2) is 4.54. The summed E-state index contributed by atoms with van der Waals surface area (Å²) < 4.78 is 41.1.